The van der Waals surface area contributed by atoms with Gasteiger partial charge in [-0.05, 0) is 38.8 Å². The molecule has 1 aromatic carbocycles. The lowest BCUT2D eigenvalue weighted by Crippen LogP contribution is -2.39. The lowest BCUT2D eigenvalue weighted by Gasteiger charge is -2.22. The van der Waals surface area contributed by atoms with Crippen molar-refractivity contribution in [3.63, 3.8) is 0 Å². The molecule has 0 unspecified atom stereocenters. The summed E-state index contributed by atoms with van der Waals surface area (Å²) in [6.45, 7) is 4.30. The van der Waals surface area contributed by atoms with Gasteiger partial charge >= 0.3 is 0 Å². The molecule has 0 aliphatic heterocycles. The second-order valence-electron chi connectivity index (χ2n) is 5.95. The van der Waals surface area contributed by atoms with Crippen molar-refractivity contribution >= 4 is 11.6 Å². The van der Waals surface area contributed by atoms with Crippen molar-refractivity contribution in [1.29, 1.82) is 0 Å². The molecule has 2 rings (SSSR count). The number of nitrogens with one attached hydrogen (secondary N) is 2. The molecule has 0 spiro atoms. The van der Waals surface area contributed by atoms with E-state index >= 15 is 0 Å². The zero-order chi connectivity index (χ0) is 15.1. The van der Waals surface area contributed by atoms with Crippen molar-refractivity contribution in [3.05, 3.63) is 24.3 Å². The second-order valence-corrected chi connectivity index (χ2v) is 5.95. The summed E-state index contributed by atoms with van der Waals surface area (Å²) in [4.78, 5) is 11.9. The fourth-order valence-corrected chi connectivity index (χ4v) is 2.66. The van der Waals surface area contributed by atoms with Crippen LogP contribution < -0.4 is 15.4 Å². The van der Waals surface area contributed by atoms with E-state index in [0.29, 0.717) is 12.6 Å². The van der Waals surface area contributed by atoms with Gasteiger partial charge in [-0.3, -0.25) is 4.79 Å². The average molecular weight is 290 g/mol. The quantitative estimate of drug-likeness (QED) is 0.845. The van der Waals surface area contributed by atoms with Gasteiger partial charge in [0.05, 0.1) is 12.6 Å². The monoisotopic (exact) mass is 290 g/mol. The summed E-state index contributed by atoms with van der Waals surface area (Å²) in [7, 11) is 0. The molecule has 1 amide bonds. The Balaban J connectivity index is 1.77. The van der Waals surface area contributed by atoms with Crippen LogP contribution in [-0.2, 0) is 4.79 Å². The fourth-order valence-electron chi connectivity index (χ4n) is 2.66. The lowest BCUT2D eigenvalue weighted by atomic mass is 9.95. The Morgan fingerprint density at radius 2 is 2.05 bits per heavy atom. The molecule has 116 valence electrons. The summed E-state index contributed by atoms with van der Waals surface area (Å²) in [6, 6.07) is 8.09. The van der Waals surface area contributed by atoms with Crippen LogP contribution in [-0.4, -0.2) is 24.6 Å². The molecule has 1 aliphatic carbocycles. The van der Waals surface area contributed by atoms with Crippen molar-refractivity contribution in [2.24, 2.45) is 0 Å². The number of hydrogen-bond donors (Lipinski definition) is 2. The summed E-state index contributed by atoms with van der Waals surface area (Å²) in [5.41, 5.74) is 0.909. The molecular formula is C17H26N2O2. The zero-order valence-electron chi connectivity index (χ0n) is 13.0. The zero-order valence-corrected chi connectivity index (χ0v) is 13.0. The first-order valence-corrected chi connectivity index (χ1v) is 7.93. The highest BCUT2D eigenvalue weighted by atomic mass is 16.5. The van der Waals surface area contributed by atoms with Crippen LogP contribution in [0.1, 0.15) is 46.0 Å². The molecule has 2 N–H and O–H groups in total. The number of hydrogen-bond acceptors (Lipinski definition) is 3. The molecule has 0 radical (unpaired) electrons. The SMILES string of the molecule is CC(C)Oc1cccc(NCC(=O)NC2CCCCC2)c1. The molecule has 0 heterocycles. The molecular weight excluding hydrogens is 264 g/mol. The molecule has 4 nitrogen and oxygen atoms in total. The van der Waals surface area contributed by atoms with E-state index in [9.17, 15) is 4.79 Å². The maximum atomic E-state index is 11.9. The van der Waals surface area contributed by atoms with E-state index in [4.69, 9.17) is 4.74 Å². The summed E-state index contributed by atoms with van der Waals surface area (Å²) in [6.07, 6.45) is 6.13. The van der Waals surface area contributed by atoms with E-state index in [1.165, 1.54) is 19.3 Å². The van der Waals surface area contributed by atoms with Gasteiger partial charge in [0.15, 0.2) is 0 Å². The van der Waals surface area contributed by atoms with E-state index in [2.05, 4.69) is 10.6 Å². The van der Waals surface area contributed by atoms with Crippen LogP contribution in [0, 0.1) is 0 Å². The van der Waals surface area contributed by atoms with E-state index < -0.39 is 0 Å². The van der Waals surface area contributed by atoms with Crippen LogP contribution in [0.3, 0.4) is 0 Å². The highest BCUT2D eigenvalue weighted by Crippen LogP contribution is 2.19. The summed E-state index contributed by atoms with van der Waals surface area (Å²) in [5, 5.41) is 6.26. The third-order valence-electron chi connectivity index (χ3n) is 3.63. The Bertz CT molecular complexity index is 454. The minimum atomic E-state index is 0.0667. The second kappa shape index (κ2) is 7.91. The number of amides is 1. The molecule has 4 heteroatoms. The lowest BCUT2D eigenvalue weighted by molar-refractivity contribution is -0.120. The Hall–Kier alpha value is -1.71. The van der Waals surface area contributed by atoms with Crippen molar-refractivity contribution in [1.82, 2.24) is 5.32 Å². The third-order valence-corrected chi connectivity index (χ3v) is 3.63. The molecule has 21 heavy (non-hydrogen) atoms. The van der Waals surface area contributed by atoms with Crippen LogP contribution in [0.5, 0.6) is 5.75 Å². The highest BCUT2D eigenvalue weighted by molar-refractivity contribution is 5.81. The smallest absolute Gasteiger partial charge is 0.239 e. The average Bonchev–Trinajstić information content (AvgIpc) is 2.46. The van der Waals surface area contributed by atoms with E-state index in [0.717, 1.165) is 24.3 Å². The molecule has 1 aliphatic rings. The largest absolute Gasteiger partial charge is 0.491 e. The molecule has 1 aromatic rings. The number of benzene rings is 1. The minimum Gasteiger partial charge on any atom is -0.491 e. The maximum absolute atomic E-state index is 11.9. The summed E-state index contributed by atoms with van der Waals surface area (Å²) < 4.78 is 5.64. The normalized spacial score (nSPS) is 15.8. The van der Waals surface area contributed by atoms with Gasteiger partial charge in [-0.25, -0.2) is 0 Å². The Labute approximate surface area is 127 Å². The van der Waals surface area contributed by atoms with E-state index in [1.807, 2.05) is 38.1 Å². The summed E-state index contributed by atoms with van der Waals surface area (Å²) >= 11 is 0. The first-order chi connectivity index (χ1) is 10.1. The van der Waals surface area contributed by atoms with Gasteiger partial charge in [-0.15, -0.1) is 0 Å². The van der Waals surface area contributed by atoms with Gasteiger partial charge in [0, 0.05) is 17.8 Å². The predicted octanol–water partition coefficient (Wildman–Crippen LogP) is 3.33. The Morgan fingerprint density at radius 1 is 1.29 bits per heavy atom. The van der Waals surface area contributed by atoms with Crippen molar-refractivity contribution in [2.45, 2.75) is 58.1 Å². The topological polar surface area (TPSA) is 50.4 Å². The molecule has 1 fully saturated rings. The standard InChI is InChI=1S/C17H26N2O2/c1-13(2)21-16-10-6-9-15(11-16)18-12-17(20)19-14-7-4-3-5-8-14/h6,9-11,13-14,18H,3-5,7-8,12H2,1-2H3,(H,19,20). The van der Waals surface area contributed by atoms with Gasteiger partial charge in [0.2, 0.25) is 5.91 Å². The molecule has 0 atom stereocenters. The minimum absolute atomic E-state index is 0.0667. The number of carbonyl (C=O) groups is 1. The number of anilines is 1. The van der Waals surface area contributed by atoms with Crippen molar-refractivity contribution < 1.29 is 9.53 Å². The number of carbonyl (C=O) groups excluding carboxylic acids is 1. The van der Waals surface area contributed by atoms with E-state index in [1.54, 1.807) is 0 Å². The first-order valence-electron chi connectivity index (χ1n) is 7.93. The van der Waals surface area contributed by atoms with Crippen LogP contribution in [0.15, 0.2) is 24.3 Å². The van der Waals surface area contributed by atoms with Crippen LogP contribution >= 0.6 is 0 Å². The number of rotatable bonds is 6. The van der Waals surface area contributed by atoms with Gasteiger partial charge in [-0.2, -0.15) is 0 Å². The molecule has 0 aromatic heterocycles. The van der Waals surface area contributed by atoms with Crippen LogP contribution in [0.4, 0.5) is 5.69 Å². The van der Waals surface area contributed by atoms with Crippen molar-refractivity contribution in [3.8, 4) is 5.75 Å². The fraction of sp³-hybridized carbons (Fsp3) is 0.588. The van der Waals surface area contributed by atoms with Gasteiger partial charge in [0.25, 0.3) is 0 Å². The van der Waals surface area contributed by atoms with E-state index in [-0.39, 0.29) is 12.0 Å². The highest BCUT2D eigenvalue weighted by Gasteiger charge is 2.15. The third kappa shape index (κ3) is 5.66. The van der Waals surface area contributed by atoms with Gasteiger partial charge < -0.3 is 15.4 Å². The Kier molecular flexibility index (Phi) is 5.90. The molecule has 1 saturated carbocycles. The van der Waals surface area contributed by atoms with Gasteiger partial charge in [-0.1, -0.05) is 25.3 Å². The van der Waals surface area contributed by atoms with Crippen LogP contribution in [0.2, 0.25) is 0 Å². The Morgan fingerprint density at radius 3 is 2.76 bits per heavy atom. The van der Waals surface area contributed by atoms with Crippen LogP contribution in [0.25, 0.3) is 0 Å². The first kappa shape index (κ1) is 15.7. The summed E-state index contributed by atoms with van der Waals surface area (Å²) in [5.74, 6) is 0.889. The maximum Gasteiger partial charge on any atom is 0.239 e. The molecule has 0 bridgehead atoms. The van der Waals surface area contributed by atoms with Gasteiger partial charge in [0.1, 0.15) is 5.75 Å². The van der Waals surface area contributed by atoms with Crippen molar-refractivity contribution in [2.75, 3.05) is 11.9 Å². The molecule has 0 saturated heterocycles. The number of ether oxygens (including phenoxy) is 1. The predicted molar refractivity (Wildman–Crippen MR) is 85.7 cm³/mol.